The van der Waals surface area contributed by atoms with E-state index in [-0.39, 0.29) is 17.6 Å². The number of fused-ring (bicyclic) bond motifs is 2. The largest absolute Gasteiger partial charge is 0.455 e. The maximum atomic E-state index is 13.6. The molecule has 1 N–H and O–H groups in total. The first kappa shape index (κ1) is 41.1. The lowest BCUT2D eigenvalue weighted by Crippen LogP contribution is -2.30. The summed E-state index contributed by atoms with van der Waals surface area (Å²) >= 11 is 0. The number of esters is 1. The summed E-state index contributed by atoms with van der Waals surface area (Å²) in [5.74, 6) is 5.86. The maximum absolute atomic E-state index is 13.6. The van der Waals surface area contributed by atoms with Crippen molar-refractivity contribution in [1.29, 1.82) is 0 Å². The summed E-state index contributed by atoms with van der Waals surface area (Å²) in [4.78, 5) is 50.7. The Bertz CT molecular complexity index is 2330. The maximum Gasteiger partial charge on any atom is 0.419 e. The lowest BCUT2D eigenvalue weighted by atomic mass is 10.1. The molecular formula is C45H55N7O5. The average Bonchev–Trinajstić information content (AvgIpc) is 3.83. The van der Waals surface area contributed by atoms with Gasteiger partial charge in [-0.15, -0.1) is 0 Å². The minimum atomic E-state index is -0.670. The van der Waals surface area contributed by atoms with Crippen LogP contribution < -0.4 is 5.32 Å². The molecule has 4 aromatic heterocycles. The van der Waals surface area contributed by atoms with Gasteiger partial charge in [-0.05, 0) is 124 Å². The molecule has 6 rings (SSSR count). The lowest BCUT2D eigenvalue weighted by Gasteiger charge is -2.24. The van der Waals surface area contributed by atoms with Gasteiger partial charge < -0.3 is 14.8 Å². The minimum Gasteiger partial charge on any atom is -0.455 e. The number of anilines is 1. The molecule has 12 heteroatoms. The van der Waals surface area contributed by atoms with Crippen LogP contribution >= 0.6 is 0 Å². The Morgan fingerprint density at radius 1 is 0.912 bits per heavy atom. The van der Waals surface area contributed by atoms with Gasteiger partial charge in [0, 0.05) is 47.3 Å². The van der Waals surface area contributed by atoms with Crippen molar-refractivity contribution >= 4 is 45.6 Å². The van der Waals surface area contributed by atoms with E-state index in [9.17, 15) is 14.4 Å². The van der Waals surface area contributed by atoms with E-state index < -0.39 is 23.3 Å². The van der Waals surface area contributed by atoms with Crippen LogP contribution in [0.25, 0.3) is 21.8 Å². The zero-order chi connectivity index (χ0) is 40.9. The van der Waals surface area contributed by atoms with E-state index in [1.807, 2.05) is 77.4 Å². The fourth-order valence-electron chi connectivity index (χ4n) is 7.18. The van der Waals surface area contributed by atoms with E-state index in [0.717, 1.165) is 92.1 Å². The summed E-state index contributed by atoms with van der Waals surface area (Å²) < 4.78 is 14.9. The summed E-state index contributed by atoms with van der Waals surface area (Å²) in [6.07, 6.45) is 9.12. The number of carbonyl (C=O) groups excluding carboxylic acids is 3. The summed E-state index contributed by atoms with van der Waals surface area (Å²) in [5, 5.41) is 9.57. The van der Waals surface area contributed by atoms with Crippen molar-refractivity contribution < 1.29 is 23.9 Å². The number of nitrogens with one attached hydrogen (secondary N) is 1. The van der Waals surface area contributed by atoms with Crippen molar-refractivity contribution in [2.75, 3.05) is 18.9 Å². The number of likely N-dealkylation sites (tertiary alicyclic amines) is 1. The molecule has 0 bridgehead atoms. The molecule has 12 nitrogen and oxygen atoms in total. The lowest BCUT2D eigenvalue weighted by molar-refractivity contribution is 0.00622. The first-order chi connectivity index (χ1) is 27.1. The van der Waals surface area contributed by atoms with Crippen LogP contribution in [-0.2, 0) is 16.0 Å². The zero-order valence-electron chi connectivity index (χ0n) is 34.6. The van der Waals surface area contributed by atoms with Crippen molar-refractivity contribution in [2.45, 2.75) is 124 Å². The highest BCUT2D eigenvalue weighted by atomic mass is 16.6. The first-order valence-corrected chi connectivity index (χ1v) is 20.0. The average molecular weight is 774 g/mol. The van der Waals surface area contributed by atoms with Crippen molar-refractivity contribution in [3.63, 3.8) is 0 Å². The second-order valence-electron chi connectivity index (χ2n) is 16.9. The predicted octanol–water partition coefficient (Wildman–Crippen LogP) is 9.24. The van der Waals surface area contributed by atoms with Crippen LogP contribution in [0.4, 0.5) is 10.6 Å². The summed E-state index contributed by atoms with van der Waals surface area (Å²) in [7, 11) is 2.07. The number of benzene rings is 1. The van der Waals surface area contributed by atoms with Crippen molar-refractivity contribution in [3.8, 4) is 11.8 Å². The number of aromatic nitrogens is 5. The Morgan fingerprint density at radius 2 is 1.67 bits per heavy atom. The summed E-state index contributed by atoms with van der Waals surface area (Å²) in [6, 6.07) is 14.7. The number of hydrogen-bond donors (Lipinski definition) is 1. The third kappa shape index (κ3) is 10.5. The highest BCUT2D eigenvalue weighted by Gasteiger charge is 2.31. The summed E-state index contributed by atoms with van der Waals surface area (Å²) in [6.45, 7) is 14.7. The first-order valence-electron chi connectivity index (χ1n) is 20.0. The summed E-state index contributed by atoms with van der Waals surface area (Å²) in [5.41, 5.74) is 3.40. The van der Waals surface area contributed by atoms with Gasteiger partial charge in [0.2, 0.25) is 0 Å². The Labute approximate surface area is 335 Å². The molecule has 1 fully saturated rings. The molecule has 0 radical (unpaired) electrons. The van der Waals surface area contributed by atoms with Crippen LogP contribution in [0.1, 0.15) is 137 Å². The molecular weight excluding hydrogens is 719 g/mol. The van der Waals surface area contributed by atoms with Gasteiger partial charge in [-0.25, -0.2) is 24.1 Å². The Kier molecular flexibility index (Phi) is 12.5. The molecule has 1 saturated heterocycles. The monoisotopic (exact) mass is 773 g/mol. The normalized spacial score (nSPS) is 14.8. The van der Waals surface area contributed by atoms with Gasteiger partial charge in [-0.2, -0.15) is 5.10 Å². The van der Waals surface area contributed by atoms with E-state index in [4.69, 9.17) is 14.6 Å². The van der Waals surface area contributed by atoms with E-state index >= 15 is 0 Å². The van der Waals surface area contributed by atoms with Crippen LogP contribution in [0.2, 0.25) is 0 Å². The van der Waals surface area contributed by atoms with Gasteiger partial charge in [0.25, 0.3) is 5.91 Å². The van der Waals surface area contributed by atoms with Crippen molar-refractivity contribution in [1.82, 2.24) is 29.2 Å². The molecule has 1 aliphatic rings. The Morgan fingerprint density at radius 3 is 2.40 bits per heavy atom. The van der Waals surface area contributed by atoms with E-state index in [2.05, 4.69) is 39.1 Å². The molecule has 1 aliphatic heterocycles. The molecule has 0 spiro atoms. The van der Waals surface area contributed by atoms with Crippen molar-refractivity contribution in [3.05, 3.63) is 83.1 Å². The number of hydrogen-bond acceptors (Lipinski definition) is 9. The quantitative estimate of drug-likeness (QED) is 0.0792. The number of carbonyl (C=O) groups is 3. The number of unbranched alkanes of at least 4 members (excludes halogenated alkanes) is 5. The number of aryl methyl sites for hydroxylation is 2. The number of rotatable bonds is 11. The minimum absolute atomic E-state index is 0.0795. The molecule has 57 heavy (non-hydrogen) atoms. The predicted molar refractivity (Wildman–Crippen MR) is 222 cm³/mol. The van der Waals surface area contributed by atoms with Crippen LogP contribution in [0.15, 0.2) is 54.7 Å². The zero-order valence-corrected chi connectivity index (χ0v) is 34.6. The topological polar surface area (TPSA) is 133 Å². The van der Waals surface area contributed by atoms with Gasteiger partial charge >= 0.3 is 12.1 Å². The number of amides is 1. The fourth-order valence-corrected chi connectivity index (χ4v) is 7.18. The molecule has 1 aromatic carbocycles. The molecule has 1 atom stereocenters. The highest BCUT2D eigenvalue weighted by molar-refractivity contribution is 6.06. The third-order valence-electron chi connectivity index (χ3n) is 9.84. The molecule has 0 saturated carbocycles. The number of ether oxygens (including phenoxy) is 2. The fraction of sp³-hybridized carbons (Fsp3) is 0.467. The van der Waals surface area contributed by atoms with E-state index in [1.54, 1.807) is 35.0 Å². The number of nitrogens with zero attached hydrogens (tertiary/aromatic N) is 6. The van der Waals surface area contributed by atoms with Crippen LogP contribution in [0, 0.1) is 18.8 Å². The second-order valence-corrected chi connectivity index (χ2v) is 16.9. The van der Waals surface area contributed by atoms with E-state index in [0.29, 0.717) is 22.6 Å². The van der Waals surface area contributed by atoms with Crippen molar-refractivity contribution in [2.24, 2.45) is 0 Å². The molecule has 0 unspecified atom stereocenters. The van der Waals surface area contributed by atoms with Crippen LogP contribution in [0.5, 0.6) is 0 Å². The molecule has 0 aliphatic carbocycles. The highest BCUT2D eigenvalue weighted by Crippen LogP contribution is 2.35. The Hall–Kier alpha value is -5.54. The number of pyridine rings is 2. The standard InChI is InChI=1S/C45H55N7O5/c1-30-34-23-22-31(41(53)48-40-28-37-32(29-46-40)27-39(36-21-17-24-50(36)8)52(37)43(55)57-45(5,6)7)26-38(34)51(49-30)25-15-13-11-9-10-12-14-18-33-19-16-20-35(47-33)42(54)56-44(2,3)4/h16,19-20,22-23,26-29,36H,9-13,15,17,21,24-25H2,1-8H3,(H,46,48,53)/t36-/m1/s1. The van der Waals surface area contributed by atoms with Gasteiger partial charge in [-0.3, -0.25) is 14.4 Å². The molecule has 5 aromatic rings. The van der Waals surface area contributed by atoms with Gasteiger partial charge in [-0.1, -0.05) is 37.3 Å². The Balaban J connectivity index is 1.04. The van der Waals surface area contributed by atoms with Gasteiger partial charge in [0.05, 0.1) is 22.8 Å². The molecule has 5 heterocycles. The van der Waals surface area contributed by atoms with Crippen LogP contribution in [-0.4, -0.2) is 72.0 Å². The van der Waals surface area contributed by atoms with Gasteiger partial charge in [0.1, 0.15) is 28.4 Å². The van der Waals surface area contributed by atoms with Crippen LogP contribution in [0.3, 0.4) is 0 Å². The molecule has 300 valence electrons. The third-order valence-corrected chi connectivity index (χ3v) is 9.84. The van der Waals surface area contributed by atoms with Gasteiger partial charge in [0.15, 0.2) is 0 Å². The smallest absolute Gasteiger partial charge is 0.419 e. The SMILES string of the molecule is Cc1nn(CCCCCCCC#Cc2cccc(C(=O)OC(C)(C)C)n2)c2cc(C(=O)Nc3cc4c(cn3)cc([C@H]3CCCN3C)n4C(=O)OC(C)(C)C)ccc12. The van der Waals surface area contributed by atoms with E-state index in [1.165, 1.54) is 0 Å². The molecule has 1 amide bonds. The second kappa shape index (κ2) is 17.3.